The molecule has 1 rings (SSSR count). The van der Waals surface area contributed by atoms with Crippen LogP contribution in [0.2, 0.25) is 0 Å². The molecule has 4 nitrogen and oxygen atoms in total. The molecule has 0 aliphatic rings. The van der Waals surface area contributed by atoms with Gasteiger partial charge in [0, 0.05) is 37.6 Å². The van der Waals surface area contributed by atoms with E-state index in [0.29, 0.717) is 6.04 Å². The normalized spacial score (nSPS) is 11.5. The second-order valence-corrected chi connectivity index (χ2v) is 5.07. The van der Waals surface area contributed by atoms with E-state index in [4.69, 9.17) is 10.8 Å². The molecular weight excluding hydrogens is 226 g/mol. The van der Waals surface area contributed by atoms with Crippen molar-refractivity contribution in [2.75, 3.05) is 18.9 Å². The number of aliphatic hydroxyl groups is 1. The standard InChI is InChI=1S/C14H25N3O/c1-10(2)17(6-5-7-18)9-13-12(4)14(15)11(3)8-16-13/h8,10,18H,5-7,9H2,1-4H3,(H2,15,16). The Morgan fingerprint density at radius 1 is 1.39 bits per heavy atom. The third-order valence-electron chi connectivity index (χ3n) is 3.36. The maximum Gasteiger partial charge on any atom is 0.0593 e. The molecule has 1 heterocycles. The van der Waals surface area contributed by atoms with Crippen LogP contribution < -0.4 is 5.73 Å². The highest BCUT2D eigenvalue weighted by Crippen LogP contribution is 2.19. The molecule has 0 fully saturated rings. The molecule has 0 aliphatic carbocycles. The Morgan fingerprint density at radius 2 is 2.06 bits per heavy atom. The molecule has 0 saturated carbocycles. The Balaban J connectivity index is 2.84. The van der Waals surface area contributed by atoms with Gasteiger partial charge in [-0.3, -0.25) is 9.88 Å². The number of pyridine rings is 1. The van der Waals surface area contributed by atoms with E-state index in [1.807, 2.05) is 20.0 Å². The number of aromatic nitrogens is 1. The zero-order chi connectivity index (χ0) is 13.7. The lowest BCUT2D eigenvalue weighted by Gasteiger charge is -2.26. The molecule has 18 heavy (non-hydrogen) atoms. The predicted octanol–water partition coefficient (Wildman–Crippen LogP) is 1.87. The summed E-state index contributed by atoms with van der Waals surface area (Å²) in [4.78, 5) is 6.79. The van der Waals surface area contributed by atoms with Crippen molar-refractivity contribution >= 4 is 5.69 Å². The predicted molar refractivity (Wildman–Crippen MR) is 75.4 cm³/mol. The summed E-state index contributed by atoms with van der Waals surface area (Å²) in [5, 5.41) is 8.94. The molecule has 3 N–H and O–H groups in total. The second kappa shape index (κ2) is 6.71. The largest absolute Gasteiger partial charge is 0.398 e. The Morgan fingerprint density at radius 3 is 2.61 bits per heavy atom. The third-order valence-corrected chi connectivity index (χ3v) is 3.36. The van der Waals surface area contributed by atoms with E-state index in [9.17, 15) is 0 Å². The average Bonchev–Trinajstić information content (AvgIpc) is 2.33. The van der Waals surface area contributed by atoms with Gasteiger partial charge < -0.3 is 10.8 Å². The number of aryl methyl sites for hydroxylation is 1. The Kier molecular flexibility index (Phi) is 5.56. The first-order valence-corrected chi connectivity index (χ1v) is 6.52. The number of nitrogen functional groups attached to an aromatic ring is 1. The summed E-state index contributed by atoms with van der Waals surface area (Å²) in [6.07, 6.45) is 2.63. The van der Waals surface area contributed by atoms with E-state index in [2.05, 4.69) is 23.7 Å². The minimum Gasteiger partial charge on any atom is -0.398 e. The van der Waals surface area contributed by atoms with Crippen LogP contribution in [0.15, 0.2) is 6.20 Å². The molecular formula is C14H25N3O. The lowest BCUT2D eigenvalue weighted by atomic mass is 10.1. The van der Waals surface area contributed by atoms with Gasteiger partial charge in [-0.15, -0.1) is 0 Å². The van der Waals surface area contributed by atoms with Crippen LogP contribution in [-0.4, -0.2) is 34.2 Å². The number of nitrogens with two attached hydrogens (primary N) is 1. The summed E-state index contributed by atoms with van der Waals surface area (Å²) in [6.45, 7) is 10.2. The van der Waals surface area contributed by atoms with Crippen LogP contribution in [0.4, 0.5) is 5.69 Å². The van der Waals surface area contributed by atoms with E-state index in [1.165, 1.54) is 0 Å². The first-order valence-electron chi connectivity index (χ1n) is 6.52. The van der Waals surface area contributed by atoms with Crippen molar-refractivity contribution in [2.45, 2.75) is 46.7 Å². The molecule has 102 valence electrons. The Bertz CT molecular complexity index is 391. The van der Waals surface area contributed by atoms with E-state index in [-0.39, 0.29) is 6.61 Å². The molecule has 0 amide bonds. The number of nitrogens with zero attached hydrogens (tertiary/aromatic N) is 2. The van der Waals surface area contributed by atoms with Crippen LogP contribution >= 0.6 is 0 Å². The van der Waals surface area contributed by atoms with Crippen LogP contribution in [0, 0.1) is 13.8 Å². The van der Waals surface area contributed by atoms with Crippen molar-refractivity contribution in [3.8, 4) is 0 Å². The van der Waals surface area contributed by atoms with Gasteiger partial charge in [-0.25, -0.2) is 0 Å². The van der Waals surface area contributed by atoms with Gasteiger partial charge in [-0.05, 0) is 45.2 Å². The summed E-state index contributed by atoms with van der Waals surface area (Å²) < 4.78 is 0. The summed E-state index contributed by atoms with van der Waals surface area (Å²) in [5.74, 6) is 0. The van der Waals surface area contributed by atoms with Crippen LogP contribution in [0.3, 0.4) is 0 Å². The quantitative estimate of drug-likeness (QED) is 0.810. The zero-order valence-corrected chi connectivity index (χ0v) is 11.9. The van der Waals surface area contributed by atoms with Crippen LogP contribution in [0.1, 0.15) is 37.1 Å². The number of rotatable bonds is 6. The topological polar surface area (TPSA) is 62.4 Å². The summed E-state index contributed by atoms with van der Waals surface area (Å²) in [7, 11) is 0. The minimum absolute atomic E-state index is 0.228. The number of anilines is 1. The summed E-state index contributed by atoms with van der Waals surface area (Å²) >= 11 is 0. The minimum atomic E-state index is 0.228. The van der Waals surface area contributed by atoms with Crippen LogP contribution in [-0.2, 0) is 6.54 Å². The highest BCUT2D eigenvalue weighted by atomic mass is 16.3. The summed E-state index contributed by atoms with van der Waals surface area (Å²) in [6, 6.07) is 0.431. The fourth-order valence-electron chi connectivity index (χ4n) is 1.94. The molecule has 0 saturated heterocycles. The van der Waals surface area contributed by atoms with Gasteiger partial charge in [0.1, 0.15) is 0 Å². The maximum absolute atomic E-state index is 8.94. The van der Waals surface area contributed by atoms with Gasteiger partial charge in [0.2, 0.25) is 0 Å². The second-order valence-electron chi connectivity index (χ2n) is 5.07. The number of aliphatic hydroxyl groups excluding tert-OH is 1. The Labute approximate surface area is 110 Å². The van der Waals surface area contributed by atoms with Crippen molar-refractivity contribution in [2.24, 2.45) is 0 Å². The number of hydrogen-bond acceptors (Lipinski definition) is 4. The highest BCUT2D eigenvalue weighted by Gasteiger charge is 2.13. The third kappa shape index (κ3) is 3.68. The van der Waals surface area contributed by atoms with Crippen LogP contribution in [0.5, 0.6) is 0 Å². The molecule has 0 atom stereocenters. The smallest absolute Gasteiger partial charge is 0.0593 e. The maximum atomic E-state index is 8.94. The zero-order valence-electron chi connectivity index (χ0n) is 11.9. The first kappa shape index (κ1) is 14.9. The monoisotopic (exact) mass is 251 g/mol. The van der Waals surface area contributed by atoms with Crippen molar-refractivity contribution < 1.29 is 5.11 Å². The molecule has 0 unspecified atom stereocenters. The van der Waals surface area contributed by atoms with E-state index >= 15 is 0 Å². The number of hydrogen-bond donors (Lipinski definition) is 2. The van der Waals surface area contributed by atoms with Gasteiger partial charge in [0.15, 0.2) is 0 Å². The molecule has 1 aromatic rings. The van der Waals surface area contributed by atoms with Crippen molar-refractivity contribution in [1.29, 1.82) is 0 Å². The van der Waals surface area contributed by atoms with Gasteiger partial charge in [-0.1, -0.05) is 0 Å². The molecule has 4 heteroatoms. The summed E-state index contributed by atoms with van der Waals surface area (Å²) in [5.41, 5.74) is 10.0. The SMILES string of the molecule is Cc1cnc(CN(CCCO)C(C)C)c(C)c1N. The molecule has 0 spiro atoms. The van der Waals surface area contributed by atoms with Crippen molar-refractivity contribution in [3.05, 3.63) is 23.0 Å². The van der Waals surface area contributed by atoms with Gasteiger partial charge in [0.25, 0.3) is 0 Å². The van der Waals surface area contributed by atoms with E-state index in [1.54, 1.807) is 0 Å². The molecule has 0 aliphatic heterocycles. The van der Waals surface area contributed by atoms with E-state index in [0.717, 1.165) is 42.0 Å². The highest BCUT2D eigenvalue weighted by molar-refractivity contribution is 5.53. The molecule has 1 aromatic heterocycles. The van der Waals surface area contributed by atoms with Gasteiger partial charge >= 0.3 is 0 Å². The fraction of sp³-hybridized carbons (Fsp3) is 0.643. The van der Waals surface area contributed by atoms with Crippen molar-refractivity contribution in [3.63, 3.8) is 0 Å². The molecule has 0 bridgehead atoms. The molecule has 0 aromatic carbocycles. The lowest BCUT2D eigenvalue weighted by molar-refractivity contribution is 0.183. The van der Waals surface area contributed by atoms with Gasteiger partial charge in [-0.2, -0.15) is 0 Å². The first-order chi connectivity index (χ1) is 8.47. The lowest BCUT2D eigenvalue weighted by Crippen LogP contribution is -2.32. The molecule has 0 radical (unpaired) electrons. The van der Waals surface area contributed by atoms with E-state index < -0.39 is 0 Å². The fourth-order valence-corrected chi connectivity index (χ4v) is 1.94. The van der Waals surface area contributed by atoms with Gasteiger partial charge in [0.05, 0.1) is 5.69 Å². The Hall–Kier alpha value is -1.13. The van der Waals surface area contributed by atoms with Crippen LogP contribution in [0.25, 0.3) is 0 Å². The average molecular weight is 251 g/mol. The van der Waals surface area contributed by atoms with Crippen molar-refractivity contribution in [1.82, 2.24) is 9.88 Å².